The Morgan fingerprint density at radius 1 is 1.11 bits per heavy atom. The lowest BCUT2D eigenvalue weighted by Gasteiger charge is -2.14. The van der Waals surface area contributed by atoms with Crippen LogP contribution in [0.4, 0.5) is 15.8 Å². The summed E-state index contributed by atoms with van der Waals surface area (Å²) >= 11 is 16.9. The van der Waals surface area contributed by atoms with Crippen molar-refractivity contribution in [2.24, 2.45) is 5.73 Å². The topological polar surface area (TPSA) is 38.0 Å². The molecule has 0 aliphatic heterocycles. The number of hydrogen-bond donors (Lipinski definition) is 2. The van der Waals surface area contributed by atoms with Gasteiger partial charge >= 0.3 is 0 Å². The van der Waals surface area contributed by atoms with Crippen LogP contribution in [0.15, 0.2) is 36.4 Å². The Bertz CT molecular complexity index is 626. The summed E-state index contributed by atoms with van der Waals surface area (Å²) < 4.78 is 13.7. The molecule has 2 aromatic carbocycles. The second kappa shape index (κ2) is 5.74. The van der Waals surface area contributed by atoms with Gasteiger partial charge in [0, 0.05) is 0 Å². The molecule has 0 heterocycles. The monoisotopic (exact) mass is 314 g/mol. The van der Waals surface area contributed by atoms with Crippen molar-refractivity contribution in [2.75, 3.05) is 5.32 Å². The summed E-state index contributed by atoms with van der Waals surface area (Å²) in [5.74, 6) is -0.471. The van der Waals surface area contributed by atoms with Crippen LogP contribution in [0, 0.1) is 5.82 Å². The molecule has 0 saturated carbocycles. The molecule has 0 aromatic heterocycles. The van der Waals surface area contributed by atoms with Crippen LogP contribution >= 0.6 is 35.4 Å². The Kier molecular flexibility index (Phi) is 4.24. The predicted octanol–water partition coefficient (Wildman–Crippen LogP) is 4.51. The average molecular weight is 315 g/mol. The molecule has 0 bridgehead atoms. The van der Waals surface area contributed by atoms with Crippen LogP contribution < -0.4 is 11.1 Å². The van der Waals surface area contributed by atoms with Gasteiger partial charge in [-0.15, -0.1) is 0 Å². The molecule has 19 heavy (non-hydrogen) atoms. The molecule has 0 atom stereocenters. The first-order valence-electron chi connectivity index (χ1n) is 5.30. The van der Waals surface area contributed by atoms with Gasteiger partial charge in [-0.25, -0.2) is 4.39 Å². The standard InChI is InChI=1S/C13H9Cl2FN2S/c14-7-3-2-6-10(11(7)13(17)19)18-12-8(15)4-1-5-9(12)16/h1-6,18H,(H2,17,19). The molecule has 2 nitrogen and oxygen atoms in total. The Hall–Kier alpha value is -1.36. The molecule has 2 rings (SSSR count). The minimum Gasteiger partial charge on any atom is -0.389 e. The van der Waals surface area contributed by atoms with Gasteiger partial charge < -0.3 is 11.1 Å². The predicted molar refractivity (Wildman–Crippen MR) is 82.0 cm³/mol. The highest BCUT2D eigenvalue weighted by Crippen LogP contribution is 2.32. The summed E-state index contributed by atoms with van der Waals surface area (Å²) in [5.41, 5.74) is 6.75. The second-order valence-corrected chi connectivity index (χ2v) is 5.00. The maximum Gasteiger partial charge on any atom is 0.148 e. The smallest absolute Gasteiger partial charge is 0.148 e. The van der Waals surface area contributed by atoms with Gasteiger partial charge in [-0.2, -0.15) is 0 Å². The highest BCUT2D eigenvalue weighted by molar-refractivity contribution is 7.80. The number of para-hydroxylation sites is 1. The number of nitrogens with one attached hydrogen (secondary N) is 1. The van der Waals surface area contributed by atoms with E-state index in [0.29, 0.717) is 16.3 Å². The van der Waals surface area contributed by atoms with E-state index in [0.717, 1.165) is 0 Å². The number of hydrogen-bond acceptors (Lipinski definition) is 2. The first kappa shape index (κ1) is 14.1. The van der Waals surface area contributed by atoms with Crippen molar-refractivity contribution in [2.45, 2.75) is 0 Å². The van der Waals surface area contributed by atoms with E-state index in [2.05, 4.69) is 5.32 Å². The van der Waals surface area contributed by atoms with Crippen LogP contribution in [0.25, 0.3) is 0 Å². The number of anilines is 2. The number of halogens is 3. The molecule has 0 radical (unpaired) electrons. The summed E-state index contributed by atoms with van der Waals surface area (Å²) in [4.78, 5) is 0.126. The van der Waals surface area contributed by atoms with Crippen molar-refractivity contribution < 1.29 is 4.39 Å². The van der Waals surface area contributed by atoms with E-state index in [1.54, 1.807) is 24.3 Å². The number of rotatable bonds is 3. The molecule has 6 heteroatoms. The zero-order valence-corrected chi connectivity index (χ0v) is 11.9. The van der Waals surface area contributed by atoms with Gasteiger partial charge in [0.2, 0.25) is 0 Å². The van der Waals surface area contributed by atoms with Crippen LogP contribution in [0.1, 0.15) is 5.56 Å². The average Bonchev–Trinajstić information content (AvgIpc) is 2.33. The lowest BCUT2D eigenvalue weighted by molar-refractivity contribution is 0.632. The third kappa shape index (κ3) is 2.97. The van der Waals surface area contributed by atoms with Gasteiger partial charge in [0.05, 0.1) is 27.0 Å². The van der Waals surface area contributed by atoms with Crippen molar-refractivity contribution >= 4 is 51.8 Å². The summed E-state index contributed by atoms with van der Waals surface area (Å²) in [6.45, 7) is 0. The Morgan fingerprint density at radius 2 is 1.74 bits per heavy atom. The Morgan fingerprint density at radius 3 is 2.37 bits per heavy atom. The van der Waals surface area contributed by atoms with Gasteiger partial charge in [-0.05, 0) is 24.3 Å². The quantitative estimate of drug-likeness (QED) is 0.819. The lowest BCUT2D eigenvalue weighted by atomic mass is 10.1. The van der Waals surface area contributed by atoms with Crippen LogP contribution in [0.2, 0.25) is 10.0 Å². The fraction of sp³-hybridized carbons (Fsp3) is 0. The van der Waals surface area contributed by atoms with Crippen molar-refractivity contribution in [3.05, 3.63) is 57.8 Å². The van der Waals surface area contributed by atoms with Crippen molar-refractivity contribution in [3.8, 4) is 0 Å². The van der Waals surface area contributed by atoms with Crippen molar-refractivity contribution in [1.82, 2.24) is 0 Å². The zero-order valence-electron chi connectivity index (χ0n) is 9.58. The molecule has 0 amide bonds. The molecule has 2 aromatic rings. The lowest BCUT2D eigenvalue weighted by Crippen LogP contribution is -2.13. The number of nitrogens with two attached hydrogens (primary N) is 1. The molecule has 0 saturated heterocycles. The molecule has 0 fully saturated rings. The molecular weight excluding hydrogens is 306 g/mol. The van der Waals surface area contributed by atoms with E-state index in [9.17, 15) is 4.39 Å². The molecule has 0 spiro atoms. The summed E-state index contributed by atoms with van der Waals surface area (Å²) in [5, 5.41) is 3.52. The van der Waals surface area contributed by atoms with E-state index >= 15 is 0 Å². The summed E-state index contributed by atoms with van der Waals surface area (Å²) in [7, 11) is 0. The van der Waals surface area contributed by atoms with Crippen LogP contribution in [0.5, 0.6) is 0 Å². The van der Waals surface area contributed by atoms with Crippen molar-refractivity contribution in [1.29, 1.82) is 0 Å². The zero-order chi connectivity index (χ0) is 14.0. The van der Waals surface area contributed by atoms with Gasteiger partial charge in [-0.3, -0.25) is 0 Å². The van der Waals surface area contributed by atoms with E-state index in [-0.39, 0.29) is 15.7 Å². The number of benzene rings is 2. The molecule has 3 N–H and O–H groups in total. The minimum atomic E-state index is -0.471. The van der Waals surface area contributed by atoms with Gasteiger partial charge in [-0.1, -0.05) is 47.6 Å². The van der Waals surface area contributed by atoms with Gasteiger partial charge in [0.15, 0.2) is 0 Å². The van der Waals surface area contributed by atoms with E-state index in [1.165, 1.54) is 12.1 Å². The highest BCUT2D eigenvalue weighted by Gasteiger charge is 2.13. The summed E-state index contributed by atoms with van der Waals surface area (Å²) in [6.07, 6.45) is 0. The molecule has 0 unspecified atom stereocenters. The van der Waals surface area contributed by atoms with E-state index in [1.807, 2.05) is 0 Å². The minimum absolute atomic E-state index is 0.126. The SMILES string of the molecule is NC(=S)c1c(Cl)cccc1Nc1c(F)cccc1Cl. The van der Waals surface area contributed by atoms with Crippen LogP contribution in [-0.4, -0.2) is 4.99 Å². The molecule has 98 valence electrons. The normalized spacial score (nSPS) is 10.3. The van der Waals surface area contributed by atoms with Crippen LogP contribution in [0.3, 0.4) is 0 Å². The second-order valence-electron chi connectivity index (χ2n) is 3.75. The Labute approximate surface area is 125 Å². The highest BCUT2D eigenvalue weighted by atomic mass is 35.5. The fourth-order valence-electron chi connectivity index (χ4n) is 1.63. The molecule has 0 aliphatic carbocycles. The molecule has 0 aliphatic rings. The third-order valence-corrected chi connectivity index (χ3v) is 3.32. The van der Waals surface area contributed by atoms with Gasteiger partial charge in [0.25, 0.3) is 0 Å². The Balaban J connectivity index is 2.50. The maximum atomic E-state index is 13.7. The molecular formula is C13H9Cl2FN2S. The van der Waals surface area contributed by atoms with Crippen LogP contribution in [-0.2, 0) is 0 Å². The van der Waals surface area contributed by atoms with E-state index in [4.69, 9.17) is 41.2 Å². The largest absolute Gasteiger partial charge is 0.389 e. The van der Waals surface area contributed by atoms with Crippen molar-refractivity contribution in [3.63, 3.8) is 0 Å². The first-order valence-corrected chi connectivity index (χ1v) is 6.46. The fourth-order valence-corrected chi connectivity index (χ4v) is 2.39. The maximum absolute atomic E-state index is 13.7. The number of thiocarbonyl (C=S) groups is 1. The van der Waals surface area contributed by atoms with Gasteiger partial charge in [0.1, 0.15) is 10.8 Å². The first-order chi connectivity index (χ1) is 9.00. The summed E-state index contributed by atoms with van der Waals surface area (Å²) in [6, 6.07) is 9.47. The third-order valence-electron chi connectivity index (χ3n) is 2.48. The van der Waals surface area contributed by atoms with E-state index < -0.39 is 5.82 Å².